The molecule has 3 amide bonds. The Morgan fingerprint density at radius 1 is 1.00 bits per heavy atom. The first-order chi connectivity index (χ1) is 15.9. The van der Waals surface area contributed by atoms with Crippen molar-refractivity contribution in [1.82, 2.24) is 15.5 Å². The zero-order valence-electron chi connectivity index (χ0n) is 19.0. The van der Waals surface area contributed by atoms with Crippen LogP contribution in [0.3, 0.4) is 0 Å². The summed E-state index contributed by atoms with van der Waals surface area (Å²) in [7, 11) is 0. The molecule has 0 aromatic heterocycles. The summed E-state index contributed by atoms with van der Waals surface area (Å²) in [5.41, 5.74) is -1.05. The molecule has 2 aliphatic carbocycles. The average molecular weight is 450 g/mol. The van der Waals surface area contributed by atoms with Crippen LogP contribution in [0.5, 0.6) is 0 Å². The van der Waals surface area contributed by atoms with Crippen LogP contribution in [0.1, 0.15) is 51.0 Å². The fraction of sp³-hybridized carbons (Fsp3) is 0.577. The minimum atomic E-state index is -1.12. The van der Waals surface area contributed by atoms with E-state index < -0.39 is 29.1 Å². The number of nitrogens with one attached hydrogen (secondary N) is 2. The second kappa shape index (κ2) is 7.42. The number of hydrogen-bond donors (Lipinski definition) is 2. The van der Waals surface area contributed by atoms with Gasteiger partial charge in [0.25, 0.3) is 0 Å². The quantitative estimate of drug-likeness (QED) is 0.651. The summed E-state index contributed by atoms with van der Waals surface area (Å²) in [6, 6.07) is 9.23. The smallest absolute Gasteiger partial charge is 0.246 e. The molecule has 1 aromatic rings. The summed E-state index contributed by atoms with van der Waals surface area (Å²) in [5, 5.41) is 6.28. The Bertz CT molecular complexity index is 1020. The van der Waals surface area contributed by atoms with Crippen molar-refractivity contribution in [3.05, 3.63) is 48.0 Å². The molecule has 6 rings (SSSR count). The van der Waals surface area contributed by atoms with E-state index >= 15 is 0 Å². The highest BCUT2D eigenvalue weighted by Gasteiger charge is 2.76. The zero-order valence-corrected chi connectivity index (χ0v) is 19.0. The van der Waals surface area contributed by atoms with Gasteiger partial charge in [0, 0.05) is 18.6 Å². The second-order valence-electron chi connectivity index (χ2n) is 10.6. The molecule has 33 heavy (non-hydrogen) atoms. The molecule has 0 unspecified atom stereocenters. The van der Waals surface area contributed by atoms with Gasteiger partial charge in [0.15, 0.2) is 0 Å². The first-order valence-electron chi connectivity index (χ1n) is 12.3. The van der Waals surface area contributed by atoms with E-state index in [4.69, 9.17) is 4.74 Å². The Morgan fingerprint density at radius 2 is 1.67 bits per heavy atom. The van der Waals surface area contributed by atoms with Gasteiger partial charge in [-0.2, -0.15) is 0 Å². The standard InChI is InChI=1S/C26H31N3O4/c1-25-13-14-26(33-25)20(19(25)22(30)27-18-11-12-18)24(32)29(15-16-7-3-2-4-8-16)21(26)23(31)28-17-9-5-6-10-17/h2-4,7-8,13-14,17-21H,5-6,9-12,15H2,1H3,(H,27,30)(H,28,31)/t19-,20+,21-,25+,26-/m1/s1. The molecule has 2 saturated heterocycles. The largest absolute Gasteiger partial charge is 0.356 e. The molecule has 174 valence electrons. The molecule has 2 saturated carbocycles. The molecule has 2 bridgehead atoms. The fourth-order valence-electron chi connectivity index (χ4n) is 6.45. The molecule has 2 N–H and O–H groups in total. The van der Waals surface area contributed by atoms with E-state index in [0.717, 1.165) is 44.1 Å². The van der Waals surface area contributed by atoms with Crippen LogP contribution in [0.15, 0.2) is 42.5 Å². The number of carbonyl (C=O) groups excluding carboxylic acids is 3. The molecule has 4 fully saturated rings. The predicted octanol–water partition coefficient (Wildman–Crippen LogP) is 2.06. The van der Waals surface area contributed by atoms with Gasteiger partial charge in [-0.3, -0.25) is 14.4 Å². The van der Waals surface area contributed by atoms with Crippen molar-refractivity contribution in [2.75, 3.05) is 0 Å². The van der Waals surface area contributed by atoms with Crippen LogP contribution in [0.4, 0.5) is 0 Å². The van der Waals surface area contributed by atoms with E-state index in [1.165, 1.54) is 0 Å². The summed E-state index contributed by atoms with van der Waals surface area (Å²) < 4.78 is 6.55. The van der Waals surface area contributed by atoms with E-state index in [1.807, 2.05) is 49.4 Å². The summed E-state index contributed by atoms with van der Waals surface area (Å²) in [4.78, 5) is 42.6. The van der Waals surface area contributed by atoms with Crippen LogP contribution < -0.4 is 10.6 Å². The van der Waals surface area contributed by atoms with Crippen LogP contribution in [-0.2, 0) is 25.7 Å². The van der Waals surface area contributed by atoms with E-state index in [0.29, 0.717) is 6.54 Å². The molecular formula is C26H31N3O4. The third-order valence-electron chi connectivity index (χ3n) is 8.15. The van der Waals surface area contributed by atoms with Gasteiger partial charge in [0.2, 0.25) is 17.7 Å². The number of fused-ring (bicyclic) bond motifs is 1. The van der Waals surface area contributed by atoms with Crippen molar-refractivity contribution in [1.29, 1.82) is 0 Å². The predicted molar refractivity (Wildman–Crippen MR) is 121 cm³/mol. The number of likely N-dealkylation sites (tertiary alicyclic amines) is 1. The van der Waals surface area contributed by atoms with Crippen molar-refractivity contribution in [3.63, 3.8) is 0 Å². The number of rotatable bonds is 6. The minimum absolute atomic E-state index is 0.133. The summed E-state index contributed by atoms with van der Waals surface area (Å²) in [5.74, 6) is -1.83. The van der Waals surface area contributed by atoms with Gasteiger partial charge in [0.05, 0.1) is 17.4 Å². The number of hydrogen-bond acceptors (Lipinski definition) is 4. The Hall–Kier alpha value is -2.67. The Balaban J connectivity index is 1.37. The van der Waals surface area contributed by atoms with Crippen LogP contribution in [-0.4, -0.2) is 51.9 Å². The highest BCUT2D eigenvalue weighted by molar-refractivity contribution is 6.00. The average Bonchev–Trinajstić information content (AvgIpc) is 3.13. The Kier molecular flexibility index (Phi) is 4.70. The lowest BCUT2D eigenvalue weighted by Gasteiger charge is -2.33. The van der Waals surface area contributed by atoms with Gasteiger partial charge in [-0.05, 0) is 38.2 Å². The number of carbonyl (C=O) groups is 3. The zero-order chi connectivity index (χ0) is 22.8. The number of benzene rings is 1. The third kappa shape index (κ3) is 3.23. The molecule has 7 heteroatoms. The number of amides is 3. The van der Waals surface area contributed by atoms with E-state index in [9.17, 15) is 14.4 Å². The van der Waals surface area contributed by atoms with Gasteiger partial charge in [-0.15, -0.1) is 0 Å². The summed E-state index contributed by atoms with van der Waals surface area (Å²) in [6.45, 7) is 2.18. The second-order valence-corrected chi connectivity index (χ2v) is 10.6. The fourth-order valence-corrected chi connectivity index (χ4v) is 6.45. The highest BCUT2D eigenvalue weighted by Crippen LogP contribution is 2.60. The lowest BCUT2D eigenvalue weighted by Crippen LogP contribution is -2.56. The maximum Gasteiger partial charge on any atom is 0.246 e. The maximum atomic E-state index is 13.9. The first-order valence-corrected chi connectivity index (χ1v) is 12.3. The van der Waals surface area contributed by atoms with E-state index in [1.54, 1.807) is 4.90 Å². The summed E-state index contributed by atoms with van der Waals surface area (Å²) >= 11 is 0. The van der Waals surface area contributed by atoms with E-state index in [-0.39, 0.29) is 29.8 Å². The maximum absolute atomic E-state index is 13.9. The Labute approximate surface area is 193 Å². The van der Waals surface area contributed by atoms with Gasteiger partial charge in [0.1, 0.15) is 11.6 Å². The van der Waals surface area contributed by atoms with Crippen molar-refractivity contribution < 1.29 is 19.1 Å². The number of ether oxygens (including phenoxy) is 1. The van der Waals surface area contributed by atoms with E-state index in [2.05, 4.69) is 10.6 Å². The molecule has 5 atom stereocenters. The van der Waals surface area contributed by atoms with Crippen LogP contribution in [0.2, 0.25) is 0 Å². The lowest BCUT2D eigenvalue weighted by atomic mass is 9.70. The number of nitrogens with zero attached hydrogens (tertiary/aromatic N) is 1. The van der Waals surface area contributed by atoms with Gasteiger partial charge >= 0.3 is 0 Å². The van der Waals surface area contributed by atoms with Crippen molar-refractivity contribution >= 4 is 17.7 Å². The van der Waals surface area contributed by atoms with Gasteiger partial charge in [-0.1, -0.05) is 55.3 Å². The molecule has 1 spiro atoms. The summed E-state index contributed by atoms with van der Waals surface area (Å²) in [6.07, 6.45) is 9.87. The monoisotopic (exact) mass is 449 g/mol. The molecule has 1 aromatic carbocycles. The highest BCUT2D eigenvalue weighted by atomic mass is 16.5. The van der Waals surface area contributed by atoms with Crippen LogP contribution in [0.25, 0.3) is 0 Å². The normalized spacial score (nSPS) is 36.9. The van der Waals surface area contributed by atoms with Gasteiger partial charge < -0.3 is 20.3 Å². The van der Waals surface area contributed by atoms with Crippen molar-refractivity contribution in [2.45, 2.75) is 81.3 Å². The molecule has 0 radical (unpaired) electrons. The van der Waals surface area contributed by atoms with Crippen molar-refractivity contribution in [3.8, 4) is 0 Å². The molecule has 7 nitrogen and oxygen atoms in total. The minimum Gasteiger partial charge on any atom is -0.356 e. The topological polar surface area (TPSA) is 87.7 Å². The van der Waals surface area contributed by atoms with Crippen LogP contribution >= 0.6 is 0 Å². The van der Waals surface area contributed by atoms with Crippen LogP contribution in [0, 0.1) is 11.8 Å². The molecule has 5 aliphatic rings. The Morgan fingerprint density at radius 3 is 2.36 bits per heavy atom. The van der Waals surface area contributed by atoms with Crippen molar-refractivity contribution in [2.24, 2.45) is 11.8 Å². The SMILES string of the molecule is C[C@@]12C=C[C@@]3(O1)[C@H](C(=O)N(Cc1ccccc1)[C@@H]3C(=O)NC1CCCC1)[C@@H]2C(=O)NC1CC1. The molecule has 3 heterocycles. The molecular weight excluding hydrogens is 418 g/mol. The first kappa shape index (κ1) is 20.9. The lowest BCUT2D eigenvalue weighted by molar-refractivity contribution is -0.145. The van der Waals surface area contributed by atoms with Gasteiger partial charge in [-0.25, -0.2) is 0 Å². The molecule has 3 aliphatic heterocycles. The third-order valence-corrected chi connectivity index (χ3v) is 8.15.